The van der Waals surface area contributed by atoms with Crippen LogP contribution in [-0.2, 0) is 36.1 Å². The lowest BCUT2D eigenvalue weighted by molar-refractivity contribution is -0.697. The lowest BCUT2D eigenvalue weighted by Crippen LogP contribution is -2.35. The highest BCUT2D eigenvalue weighted by atomic mass is 32.3. The van der Waals surface area contributed by atoms with Crippen molar-refractivity contribution in [2.45, 2.75) is 17.6 Å². The van der Waals surface area contributed by atoms with Gasteiger partial charge in [-0.25, -0.2) is 31.0 Å². The smallest absolute Gasteiger partial charge is 0.443 e. The van der Waals surface area contributed by atoms with E-state index in [0.29, 0.717) is 17.9 Å². The molecule has 0 spiro atoms. The van der Waals surface area contributed by atoms with Crippen LogP contribution in [0.4, 0.5) is 42.5 Å². The van der Waals surface area contributed by atoms with E-state index < -0.39 is 37.2 Å². The third kappa shape index (κ3) is 9.98. The molecule has 11 nitrogen and oxygen atoms in total. The van der Waals surface area contributed by atoms with Crippen LogP contribution in [0.25, 0.3) is 4.13 Å². The number of halogens is 6. The van der Waals surface area contributed by atoms with Crippen molar-refractivity contribution in [3.63, 3.8) is 0 Å². The van der Waals surface area contributed by atoms with Crippen molar-refractivity contribution < 1.29 is 62.1 Å². The van der Waals surface area contributed by atoms with Gasteiger partial charge in [-0.2, -0.15) is 31.3 Å². The number of alkyl halides is 6. The zero-order chi connectivity index (χ0) is 27.6. The molecule has 0 aliphatic carbocycles. The van der Waals surface area contributed by atoms with Gasteiger partial charge in [0.25, 0.3) is 0 Å². The summed E-state index contributed by atoms with van der Waals surface area (Å²) >= 11 is 0. The highest BCUT2D eigenvalue weighted by Crippen LogP contribution is 2.36. The van der Waals surface area contributed by atoms with Gasteiger partial charge in [-0.3, -0.25) is 5.32 Å². The maximum absolute atomic E-state index is 11.6. The fourth-order valence-electron chi connectivity index (χ4n) is 1.87. The van der Waals surface area contributed by atoms with Gasteiger partial charge in [0.05, 0.1) is 5.69 Å². The second kappa shape index (κ2) is 12.4. The van der Waals surface area contributed by atoms with E-state index in [9.17, 15) is 52.8 Å². The van der Waals surface area contributed by atoms with Gasteiger partial charge in [0.1, 0.15) is 0 Å². The third-order valence-corrected chi connectivity index (χ3v) is 6.17. The van der Waals surface area contributed by atoms with Crippen molar-refractivity contribution in [3.05, 3.63) is 59.0 Å². The average molecular weight is 564 g/mol. The molecule has 1 N–H and O–H groups in total. The molecule has 0 radical (unpaired) electrons. The zero-order valence-electron chi connectivity index (χ0n) is 17.4. The van der Waals surface area contributed by atoms with Crippen LogP contribution in [0.15, 0.2) is 59.9 Å². The van der Waals surface area contributed by atoms with E-state index in [1.54, 1.807) is 24.3 Å². The van der Waals surface area contributed by atoms with Crippen LogP contribution in [-0.4, -0.2) is 46.6 Å². The molecular weight excluding hydrogens is 550 g/mol. The number of hydrogen-bond acceptors (Lipinski definition) is 8. The summed E-state index contributed by atoms with van der Waals surface area (Å²) in [5.74, 6) is 0. The summed E-state index contributed by atoms with van der Waals surface area (Å²) in [6.45, 7) is 0.856. The molecule has 36 heavy (non-hydrogen) atoms. The summed E-state index contributed by atoms with van der Waals surface area (Å²) in [5, 5.41) is 2.59. The number of aliphatic imine (C=N–C) groups is 1. The van der Waals surface area contributed by atoms with Gasteiger partial charge in [-0.05, 0) is 24.3 Å². The highest BCUT2D eigenvalue weighted by Gasteiger charge is 2.46. The van der Waals surface area contributed by atoms with Crippen molar-refractivity contribution in [2.24, 2.45) is 4.99 Å². The van der Waals surface area contributed by atoms with Crippen LogP contribution in [0.2, 0.25) is 0 Å². The Morgan fingerprint density at radius 1 is 0.944 bits per heavy atom. The fraction of sp³-hybridized carbons (Fsp3) is 0.235. The zero-order valence-corrected chi connectivity index (χ0v) is 19.0. The molecule has 198 valence electrons. The molecule has 1 heterocycles. The molecule has 1 amide bonds. The Hall–Kier alpha value is -3.54. The Morgan fingerprint density at radius 2 is 1.44 bits per heavy atom. The maximum Gasteiger partial charge on any atom is 0.480 e. The number of rotatable bonds is 7. The van der Waals surface area contributed by atoms with Crippen LogP contribution in [0, 0.1) is 0 Å². The number of sulfonamides is 2. The van der Waals surface area contributed by atoms with Gasteiger partial charge in [0.15, 0.2) is 45.6 Å². The molecule has 1 aromatic heterocycles. The van der Waals surface area contributed by atoms with Crippen LogP contribution in [0.5, 0.6) is 0 Å². The third-order valence-electron chi connectivity index (χ3n) is 3.43. The molecule has 2 aromatic rings. The van der Waals surface area contributed by atoms with Crippen LogP contribution in [0.1, 0.15) is 0 Å². The number of nitrogens with one attached hydrogen (secondary N) is 1. The summed E-state index contributed by atoms with van der Waals surface area (Å²) < 4.78 is 116. The van der Waals surface area contributed by atoms with E-state index in [1.807, 2.05) is 35.2 Å². The summed E-state index contributed by atoms with van der Waals surface area (Å²) in [6.07, 6.45) is 4.71. The number of benzene rings is 1. The number of isocyanates is 1. The normalized spacial score (nSPS) is 11.9. The standard InChI is InChI=1S/C15H13N3O3.C2F6NO4S2/c19-12-16-13-4-6-14(7-5-13)17-15(20)21-11-10-18-8-2-1-3-9-18;3-1(4,5)14(10,11)9-15(12,13)2(6,7)8/h1-9H,10-11H2;/q;-1/p+1. The first-order valence-electron chi connectivity index (χ1n) is 8.91. The highest BCUT2D eigenvalue weighted by molar-refractivity contribution is 8.13. The second-order valence-electron chi connectivity index (χ2n) is 6.04. The molecule has 0 bridgehead atoms. The number of carbonyl (C=O) groups is 1. The number of amides is 1. The van der Waals surface area contributed by atoms with E-state index in [1.165, 1.54) is 6.08 Å². The largest absolute Gasteiger partial charge is 0.480 e. The molecule has 2 rings (SSSR count). The predicted octanol–water partition coefficient (Wildman–Crippen LogP) is 3.25. The minimum atomic E-state index is -6.72. The topological polar surface area (TPSA) is 154 Å². The number of carbonyl (C=O) groups excluding carboxylic acids is 2. The van der Waals surface area contributed by atoms with Crippen molar-refractivity contribution in [1.82, 2.24) is 0 Å². The van der Waals surface area contributed by atoms with Gasteiger partial charge >= 0.3 is 17.1 Å². The minimum Gasteiger partial charge on any atom is -0.443 e. The predicted molar refractivity (Wildman–Crippen MR) is 109 cm³/mol. The van der Waals surface area contributed by atoms with E-state index in [-0.39, 0.29) is 6.61 Å². The Bertz CT molecular complexity index is 1240. The van der Waals surface area contributed by atoms with Crippen LogP contribution >= 0.6 is 0 Å². The summed E-state index contributed by atoms with van der Waals surface area (Å²) in [7, 11) is -13.4. The first kappa shape index (κ1) is 30.5. The first-order chi connectivity index (χ1) is 16.5. The molecule has 0 aliphatic heterocycles. The molecule has 0 fully saturated rings. The number of nitrogens with zero attached hydrogens (tertiary/aromatic N) is 3. The molecule has 0 saturated carbocycles. The lowest BCUT2D eigenvalue weighted by Gasteiger charge is -2.22. The van der Waals surface area contributed by atoms with Crippen molar-refractivity contribution in [3.8, 4) is 0 Å². The van der Waals surface area contributed by atoms with Crippen molar-refractivity contribution >= 4 is 43.6 Å². The molecule has 19 heteroatoms. The quantitative estimate of drug-likeness (QED) is 0.234. The Morgan fingerprint density at radius 3 is 1.89 bits per heavy atom. The van der Waals surface area contributed by atoms with Crippen LogP contribution in [0.3, 0.4) is 0 Å². The van der Waals surface area contributed by atoms with E-state index in [0.717, 1.165) is 4.13 Å². The number of anilines is 1. The van der Waals surface area contributed by atoms with E-state index in [2.05, 4.69) is 10.3 Å². The molecule has 0 saturated heterocycles. The monoisotopic (exact) mass is 564 g/mol. The fourth-order valence-corrected chi connectivity index (χ4v) is 3.58. The van der Waals surface area contributed by atoms with Crippen molar-refractivity contribution in [1.29, 1.82) is 0 Å². The van der Waals surface area contributed by atoms with Gasteiger partial charge in [-0.15, -0.1) is 0 Å². The first-order valence-corrected chi connectivity index (χ1v) is 11.8. The molecular formula is C17H14F6N4O7S2. The Balaban J connectivity index is 0.000000384. The maximum atomic E-state index is 11.6. The van der Waals surface area contributed by atoms with Gasteiger partial charge in [0.2, 0.25) is 6.08 Å². The molecule has 1 aromatic carbocycles. The molecule has 0 aliphatic rings. The second-order valence-corrected chi connectivity index (χ2v) is 9.46. The summed E-state index contributed by atoms with van der Waals surface area (Å²) in [4.78, 5) is 25.1. The number of ether oxygens (including phenoxy) is 1. The lowest BCUT2D eigenvalue weighted by atomic mass is 10.3. The molecule has 0 atom stereocenters. The number of aromatic nitrogens is 1. The summed E-state index contributed by atoms with van der Waals surface area (Å²) in [5.41, 5.74) is -11.4. The number of hydrogen-bond donors (Lipinski definition) is 1. The SMILES string of the molecule is O=C=Nc1ccc(NC(=O)OCC[n+]2ccccc2)cc1.O=S(=O)([N-]S(=O)(=O)C(F)(F)F)C(F)(F)F. The van der Waals surface area contributed by atoms with Crippen molar-refractivity contribution in [2.75, 3.05) is 11.9 Å². The average Bonchev–Trinajstić information content (AvgIpc) is 2.74. The number of pyridine rings is 1. The Labute approximate surface area is 199 Å². The minimum absolute atomic E-state index is 0.272. The summed E-state index contributed by atoms with van der Waals surface area (Å²) in [6, 6.07) is 12.2. The van der Waals surface area contributed by atoms with E-state index >= 15 is 0 Å². The van der Waals surface area contributed by atoms with Gasteiger partial charge in [-0.1, -0.05) is 6.07 Å². The van der Waals surface area contributed by atoms with Gasteiger partial charge in [0, 0.05) is 17.8 Å². The molecule has 0 unspecified atom stereocenters. The van der Waals surface area contributed by atoms with Gasteiger partial charge < -0.3 is 8.86 Å². The van der Waals surface area contributed by atoms with Crippen LogP contribution < -0.4 is 9.88 Å². The van der Waals surface area contributed by atoms with E-state index in [4.69, 9.17) is 4.74 Å². The Kier molecular flexibility index (Phi) is 10.5.